The van der Waals surface area contributed by atoms with Crippen molar-refractivity contribution in [3.8, 4) is 0 Å². The SMILES string of the molecule is C=C(CC/C=C(\C)CC/C=C(\C)CCC=C(C)C)C1OC(C2CCCCC2)C(C2CCCCC2)O1. The Kier molecular flexibility index (Phi) is 12.4. The third kappa shape index (κ3) is 9.69. The first kappa shape index (κ1) is 28.5. The number of hydrogen-bond donors (Lipinski definition) is 0. The minimum absolute atomic E-state index is 0.186. The van der Waals surface area contributed by atoms with Gasteiger partial charge in [0.1, 0.15) is 0 Å². The van der Waals surface area contributed by atoms with Crippen LogP contribution >= 0.6 is 0 Å². The molecule has 0 radical (unpaired) electrons. The first-order valence-corrected chi connectivity index (χ1v) is 14.9. The maximum Gasteiger partial charge on any atom is 0.180 e. The molecule has 0 spiro atoms. The molecular formula is C33H54O2. The zero-order valence-corrected chi connectivity index (χ0v) is 23.5. The largest absolute Gasteiger partial charge is 0.342 e. The van der Waals surface area contributed by atoms with Crippen molar-refractivity contribution in [1.82, 2.24) is 0 Å². The van der Waals surface area contributed by atoms with Crippen molar-refractivity contribution in [3.05, 3.63) is 47.1 Å². The lowest BCUT2D eigenvalue weighted by Gasteiger charge is -2.34. The van der Waals surface area contributed by atoms with Gasteiger partial charge in [-0.1, -0.05) is 80.1 Å². The van der Waals surface area contributed by atoms with Gasteiger partial charge in [0.15, 0.2) is 6.29 Å². The number of rotatable bonds is 12. The van der Waals surface area contributed by atoms with E-state index in [0.717, 1.165) is 37.7 Å². The third-order valence-corrected chi connectivity index (χ3v) is 8.53. The van der Waals surface area contributed by atoms with Gasteiger partial charge in [0.05, 0.1) is 12.2 Å². The Labute approximate surface area is 217 Å². The molecule has 2 nitrogen and oxygen atoms in total. The second kappa shape index (κ2) is 15.2. The van der Waals surface area contributed by atoms with Gasteiger partial charge in [-0.25, -0.2) is 0 Å². The number of allylic oxidation sites excluding steroid dienone is 6. The van der Waals surface area contributed by atoms with Crippen molar-refractivity contribution in [3.63, 3.8) is 0 Å². The van der Waals surface area contributed by atoms with E-state index in [9.17, 15) is 0 Å². The predicted octanol–water partition coefficient (Wildman–Crippen LogP) is 10.0. The van der Waals surface area contributed by atoms with Crippen molar-refractivity contribution in [2.24, 2.45) is 11.8 Å². The molecule has 2 saturated carbocycles. The van der Waals surface area contributed by atoms with Crippen molar-refractivity contribution < 1.29 is 9.47 Å². The van der Waals surface area contributed by atoms with E-state index in [1.54, 1.807) is 0 Å². The molecule has 0 aromatic carbocycles. The molecule has 0 aromatic rings. The van der Waals surface area contributed by atoms with Crippen LogP contribution in [0.1, 0.15) is 130 Å². The molecule has 1 heterocycles. The Balaban J connectivity index is 1.44. The van der Waals surface area contributed by atoms with Crippen molar-refractivity contribution in [2.75, 3.05) is 0 Å². The highest BCUT2D eigenvalue weighted by Crippen LogP contribution is 2.42. The fraction of sp³-hybridized carbons (Fsp3) is 0.758. The van der Waals surface area contributed by atoms with Crippen molar-refractivity contribution in [1.29, 1.82) is 0 Å². The maximum atomic E-state index is 6.67. The molecule has 2 unspecified atom stereocenters. The van der Waals surface area contributed by atoms with Crippen LogP contribution in [-0.2, 0) is 9.47 Å². The summed E-state index contributed by atoms with van der Waals surface area (Å²) in [5.41, 5.74) is 5.56. The van der Waals surface area contributed by atoms with Gasteiger partial charge in [-0.05, 0) is 109 Å². The monoisotopic (exact) mass is 482 g/mol. The molecule has 3 fully saturated rings. The summed E-state index contributed by atoms with van der Waals surface area (Å²) in [5, 5.41) is 0. The molecule has 0 N–H and O–H groups in total. The first-order valence-electron chi connectivity index (χ1n) is 14.9. The van der Waals surface area contributed by atoms with Crippen LogP contribution in [0.25, 0.3) is 0 Å². The van der Waals surface area contributed by atoms with E-state index in [4.69, 9.17) is 9.47 Å². The van der Waals surface area contributed by atoms with Gasteiger partial charge < -0.3 is 9.47 Å². The van der Waals surface area contributed by atoms with Gasteiger partial charge in [0, 0.05) is 0 Å². The van der Waals surface area contributed by atoms with Crippen LogP contribution in [0.3, 0.4) is 0 Å². The lowest BCUT2D eigenvalue weighted by atomic mass is 9.77. The quantitative estimate of drug-likeness (QED) is 0.258. The Morgan fingerprint density at radius 3 is 1.51 bits per heavy atom. The maximum absolute atomic E-state index is 6.67. The van der Waals surface area contributed by atoms with Crippen LogP contribution in [0.4, 0.5) is 0 Å². The fourth-order valence-corrected chi connectivity index (χ4v) is 6.31. The normalized spacial score (nSPS) is 27.3. The zero-order chi connectivity index (χ0) is 25.0. The molecule has 35 heavy (non-hydrogen) atoms. The predicted molar refractivity (Wildman–Crippen MR) is 150 cm³/mol. The lowest BCUT2D eigenvalue weighted by molar-refractivity contribution is -0.0530. The molecule has 2 atom stereocenters. The highest BCUT2D eigenvalue weighted by atomic mass is 16.7. The van der Waals surface area contributed by atoms with Gasteiger partial charge in [-0.3, -0.25) is 0 Å². The summed E-state index contributed by atoms with van der Waals surface area (Å²) in [5.74, 6) is 1.38. The third-order valence-electron chi connectivity index (χ3n) is 8.53. The van der Waals surface area contributed by atoms with E-state index in [1.807, 2.05) is 0 Å². The average Bonchev–Trinajstić information content (AvgIpc) is 3.31. The van der Waals surface area contributed by atoms with E-state index in [0.29, 0.717) is 24.0 Å². The van der Waals surface area contributed by atoms with E-state index in [2.05, 4.69) is 52.5 Å². The topological polar surface area (TPSA) is 18.5 Å². The molecule has 1 saturated heterocycles. The van der Waals surface area contributed by atoms with Crippen LogP contribution in [0, 0.1) is 11.8 Å². The summed E-state index contributed by atoms with van der Waals surface area (Å²) >= 11 is 0. The van der Waals surface area contributed by atoms with Crippen LogP contribution < -0.4 is 0 Å². The van der Waals surface area contributed by atoms with Crippen LogP contribution in [0.2, 0.25) is 0 Å². The zero-order valence-electron chi connectivity index (χ0n) is 23.5. The Hall–Kier alpha value is -1.12. The minimum atomic E-state index is -0.186. The van der Waals surface area contributed by atoms with Crippen LogP contribution in [0.5, 0.6) is 0 Å². The van der Waals surface area contributed by atoms with E-state index >= 15 is 0 Å². The van der Waals surface area contributed by atoms with E-state index in [1.165, 1.54) is 87.3 Å². The molecule has 1 aliphatic heterocycles. The smallest absolute Gasteiger partial charge is 0.180 e. The summed E-state index contributed by atoms with van der Waals surface area (Å²) < 4.78 is 13.3. The molecule has 3 aliphatic rings. The lowest BCUT2D eigenvalue weighted by Crippen LogP contribution is -2.38. The number of ether oxygens (including phenoxy) is 2. The van der Waals surface area contributed by atoms with Crippen molar-refractivity contribution >= 4 is 0 Å². The Morgan fingerprint density at radius 2 is 1.06 bits per heavy atom. The molecule has 0 amide bonds. The average molecular weight is 483 g/mol. The van der Waals surface area contributed by atoms with Gasteiger partial charge in [-0.15, -0.1) is 0 Å². The Morgan fingerprint density at radius 1 is 0.629 bits per heavy atom. The summed E-state index contributed by atoms with van der Waals surface area (Å²) in [4.78, 5) is 0. The van der Waals surface area contributed by atoms with Crippen LogP contribution in [0.15, 0.2) is 47.1 Å². The molecule has 2 heteroatoms. The second-order valence-electron chi connectivity index (χ2n) is 12.0. The molecular weight excluding hydrogens is 428 g/mol. The highest BCUT2D eigenvalue weighted by Gasteiger charge is 2.45. The molecule has 0 aromatic heterocycles. The summed E-state index contributed by atoms with van der Waals surface area (Å²) in [7, 11) is 0. The summed E-state index contributed by atoms with van der Waals surface area (Å²) in [6, 6.07) is 0. The highest BCUT2D eigenvalue weighted by molar-refractivity contribution is 5.08. The number of hydrogen-bond acceptors (Lipinski definition) is 2. The summed E-state index contributed by atoms with van der Waals surface area (Å²) in [6.07, 6.45) is 27.7. The van der Waals surface area contributed by atoms with Gasteiger partial charge >= 0.3 is 0 Å². The van der Waals surface area contributed by atoms with Gasteiger partial charge in [-0.2, -0.15) is 0 Å². The standard InChI is InChI=1S/C33H54O2/c1-25(2)15-12-16-26(3)17-13-18-27(4)19-14-20-28(5)33-34-31(29-21-8-6-9-22-29)32(35-33)30-23-10-7-11-24-30/h15,17,19,29-33H,5-14,16,18,20-24H2,1-4H3/b26-17+,27-19+. The van der Waals surface area contributed by atoms with E-state index in [-0.39, 0.29) is 6.29 Å². The Bertz CT molecular complexity index is 700. The molecule has 198 valence electrons. The van der Waals surface area contributed by atoms with Crippen LogP contribution in [-0.4, -0.2) is 18.5 Å². The fourth-order valence-electron chi connectivity index (χ4n) is 6.31. The van der Waals surface area contributed by atoms with Crippen molar-refractivity contribution in [2.45, 2.75) is 149 Å². The first-order chi connectivity index (χ1) is 16.9. The molecule has 3 rings (SSSR count). The van der Waals surface area contributed by atoms with E-state index < -0.39 is 0 Å². The minimum Gasteiger partial charge on any atom is -0.342 e. The van der Waals surface area contributed by atoms with Gasteiger partial charge in [0.25, 0.3) is 0 Å². The van der Waals surface area contributed by atoms with Gasteiger partial charge in [0.2, 0.25) is 0 Å². The molecule has 2 aliphatic carbocycles. The molecule has 0 bridgehead atoms. The summed E-state index contributed by atoms with van der Waals surface area (Å²) in [6.45, 7) is 13.3. The second-order valence-corrected chi connectivity index (χ2v) is 12.0.